The Balaban J connectivity index is 1.51. The molecule has 5 heterocycles. The van der Waals surface area contributed by atoms with Crippen LogP contribution in [0, 0.1) is 0 Å². The average molecular weight is 393 g/mol. The number of benzene rings is 1. The maximum absolute atomic E-state index is 6.06. The van der Waals surface area contributed by atoms with Crippen LogP contribution in [0.3, 0.4) is 0 Å². The molecule has 7 heteroatoms. The SMILES string of the molecule is CB1C=c2c(oc3ncccc23)=CN1N1c2ncccc2N(c2ccccc2)[C@@H]1C. The van der Waals surface area contributed by atoms with Crippen molar-refractivity contribution in [1.82, 2.24) is 14.9 Å². The third-order valence-corrected chi connectivity index (χ3v) is 5.86. The summed E-state index contributed by atoms with van der Waals surface area (Å²) in [6.45, 7) is 4.52. The number of pyridine rings is 2. The summed E-state index contributed by atoms with van der Waals surface area (Å²) in [5.74, 6) is 3.17. The van der Waals surface area contributed by atoms with Gasteiger partial charge in [0.2, 0.25) is 5.71 Å². The highest BCUT2D eigenvalue weighted by molar-refractivity contribution is 6.70. The van der Waals surface area contributed by atoms with E-state index >= 15 is 0 Å². The van der Waals surface area contributed by atoms with Crippen molar-refractivity contribution in [3.05, 3.63) is 77.6 Å². The first kappa shape index (κ1) is 17.2. The van der Waals surface area contributed by atoms with Crippen molar-refractivity contribution in [2.24, 2.45) is 0 Å². The Morgan fingerprint density at radius 2 is 1.77 bits per heavy atom. The van der Waals surface area contributed by atoms with Gasteiger partial charge in [-0.25, -0.2) is 9.97 Å². The molecule has 4 aromatic rings. The first-order valence-electron chi connectivity index (χ1n) is 10.2. The van der Waals surface area contributed by atoms with E-state index in [0.29, 0.717) is 5.71 Å². The maximum atomic E-state index is 6.06. The van der Waals surface area contributed by atoms with Crippen LogP contribution in [0.4, 0.5) is 17.2 Å². The minimum atomic E-state index is 0.0495. The molecule has 0 saturated heterocycles. The van der Waals surface area contributed by atoms with Crippen LogP contribution in [0.2, 0.25) is 6.82 Å². The Morgan fingerprint density at radius 3 is 2.63 bits per heavy atom. The maximum Gasteiger partial charge on any atom is 0.304 e. The van der Waals surface area contributed by atoms with Crippen LogP contribution in [0.15, 0.2) is 71.4 Å². The van der Waals surface area contributed by atoms with Gasteiger partial charge in [0.25, 0.3) is 0 Å². The zero-order valence-corrected chi connectivity index (χ0v) is 16.8. The largest absolute Gasteiger partial charge is 0.436 e. The van der Waals surface area contributed by atoms with Gasteiger partial charge in [-0.2, -0.15) is 0 Å². The first-order chi connectivity index (χ1) is 14.7. The van der Waals surface area contributed by atoms with E-state index in [1.807, 2.05) is 24.4 Å². The van der Waals surface area contributed by atoms with Crippen LogP contribution >= 0.6 is 0 Å². The number of anilines is 3. The summed E-state index contributed by atoms with van der Waals surface area (Å²) in [5.41, 5.74) is 3.73. The monoisotopic (exact) mass is 393 g/mol. The molecule has 1 atom stereocenters. The number of aromatic nitrogens is 2. The van der Waals surface area contributed by atoms with E-state index in [0.717, 1.165) is 33.2 Å². The van der Waals surface area contributed by atoms with E-state index in [1.54, 1.807) is 6.20 Å². The van der Waals surface area contributed by atoms with Gasteiger partial charge in [-0.1, -0.05) is 31.0 Å². The third-order valence-electron chi connectivity index (χ3n) is 5.86. The number of para-hydroxylation sites is 1. The minimum Gasteiger partial charge on any atom is -0.436 e. The Kier molecular flexibility index (Phi) is 3.65. The molecule has 0 amide bonds. The van der Waals surface area contributed by atoms with E-state index < -0.39 is 0 Å². The summed E-state index contributed by atoms with van der Waals surface area (Å²) >= 11 is 0. The molecular formula is C23H20BN5O. The van der Waals surface area contributed by atoms with E-state index in [1.165, 1.54) is 0 Å². The highest BCUT2D eigenvalue weighted by atomic mass is 16.3. The van der Waals surface area contributed by atoms with E-state index in [-0.39, 0.29) is 13.0 Å². The summed E-state index contributed by atoms with van der Waals surface area (Å²) in [6.07, 6.45) is 5.74. The van der Waals surface area contributed by atoms with Gasteiger partial charge in [-0.05, 0) is 43.3 Å². The van der Waals surface area contributed by atoms with Gasteiger partial charge in [-0.15, -0.1) is 0 Å². The lowest BCUT2D eigenvalue weighted by Gasteiger charge is -2.39. The fourth-order valence-electron chi connectivity index (χ4n) is 4.54. The summed E-state index contributed by atoms with van der Waals surface area (Å²) in [7, 11) is 0. The van der Waals surface area contributed by atoms with E-state index in [2.05, 4.69) is 82.1 Å². The molecule has 6 rings (SSSR count). The molecule has 0 fully saturated rings. The minimum absolute atomic E-state index is 0.0495. The second-order valence-electron chi connectivity index (χ2n) is 7.68. The van der Waals surface area contributed by atoms with Crippen molar-refractivity contribution in [3.63, 3.8) is 0 Å². The number of hydrazine groups is 1. The van der Waals surface area contributed by atoms with Gasteiger partial charge in [0.15, 0.2) is 11.2 Å². The highest BCUT2D eigenvalue weighted by Gasteiger charge is 2.40. The summed E-state index contributed by atoms with van der Waals surface area (Å²) in [4.78, 5) is 13.6. The zero-order valence-electron chi connectivity index (χ0n) is 16.8. The van der Waals surface area contributed by atoms with Crippen LogP contribution in [0.25, 0.3) is 23.3 Å². The van der Waals surface area contributed by atoms with Gasteiger partial charge >= 0.3 is 6.85 Å². The van der Waals surface area contributed by atoms with Crippen LogP contribution in [-0.2, 0) is 0 Å². The second-order valence-corrected chi connectivity index (χ2v) is 7.68. The Bertz CT molecular complexity index is 1370. The van der Waals surface area contributed by atoms with Gasteiger partial charge < -0.3 is 14.2 Å². The Morgan fingerprint density at radius 1 is 0.967 bits per heavy atom. The smallest absolute Gasteiger partial charge is 0.304 e. The average Bonchev–Trinajstić information content (AvgIpc) is 3.28. The summed E-state index contributed by atoms with van der Waals surface area (Å²) < 4.78 is 6.06. The van der Waals surface area contributed by atoms with Crippen molar-refractivity contribution < 1.29 is 4.42 Å². The van der Waals surface area contributed by atoms with Crippen molar-refractivity contribution in [2.45, 2.75) is 19.9 Å². The Labute approximate surface area is 174 Å². The van der Waals surface area contributed by atoms with Crippen molar-refractivity contribution in [3.8, 4) is 0 Å². The molecule has 0 spiro atoms. The molecule has 0 N–H and O–H groups in total. The number of hydrogen-bond donors (Lipinski definition) is 0. The Hall–Kier alpha value is -3.74. The standard InChI is InChI=1S/C23H20BN5O/c1-16-28(17-8-4-3-5-9-17)20-11-7-12-25-22(20)29(16)27-15-21-19(14-24(27)2)18-10-6-13-26-23(18)30-21/h3-16H,1-2H3/t16-/m0/s1. The molecule has 3 aromatic heterocycles. The van der Waals surface area contributed by atoms with Gasteiger partial charge in [-0.3, -0.25) is 5.01 Å². The number of furan rings is 1. The molecule has 0 aliphatic carbocycles. The molecule has 0 bridgehead atoms. The number of fused-ring (bicyclic) bond motifs is 4. The first-order valence-corrected chi connectivity index (χ1v) is 10.2. The number of rotatable bonds is 2. The number of hydrogen-bond acceptors (Lipinski definition) is 6. The highest BCUT2D eigenvalue weighted by Crippen LogP contribution is 2.43. The van der Waals surface area contributed by atoms with Gasteiger partial charge in [0.05, 0.1) is 11.9 Å². The van der Waals surface area contributed by atoms with Crippen LogP contribution in [0.1, 0.15) is 6.92 Å². The van der Waals surface area contributed by atoms with Crippen LogP contribution < -0.4 is 20.5 Å². The molecule has 6 nitrogen and oxygen atoms in total. The number of nitrogens with zero attached hydrogens (tertiary/aromatic N) is 5. The molecule has 1 aromatic carbocycles. The van der Waals surface area contributed by atoms with Crippen LogP contribution in [-0.4, -0.2) is 27.9 Å². The van der Waals surface area contributed by atoms with Gasteiger partial charge in [0.1, 0.15) is 6.17 Å². The van der Waals surface area contributed by atoms with Crippen molar-refractivity contribution in [2.75, 3.05) is 9.91 Å². The fourth-order valence-corrected chi connectivity index (χ4v) is 4.54. The topological polar surface area (TPSA) is 48.6 Å². The molecule has 0 saturated carbocycles. The summed E-state index contributed by atoms with van der Waals surface area (Å²) in [6, 6.07) is 18.6. The quantitative estimate of drug-likeness (QED) is 0.488. The fraction of sp³-hybridized carbons (Fsp3) is 0.130. The lowest BCUT2D eigenvalue weighted by Crippen LogP contribution is -2.55. The van der Waals surface area contributed by atoms with E-state index in [9.17, 15) is 0 Å². The van der Waals surface area contributed by atoms with E-state index in [4.69, 9.17) is 9.40 Å². The molecule has 0 unspecified atom stereocenters. The third kappa shape index (κ3) is 2.38. The van der Waals surface area contributed by atoms with Crippen LogP contribution in [0.5, 0.6) is 0 Å². The zero-order chi connectivity index (χ0) is 20.2. The lowest BCUT2D eigenvalue weighted by atomic mass is 9.63. The normalized spacial score (nSPS) is 17.6. The summed E-state index contributed by atoms with van der Waals surface area (Å²) in [5, 5.41) is 4.40. The predicted molar refractivity (Wildman–Crippen MR) is 120 cm³/mol. The lowest BCUT2D eigenvalue weighted by molar-refractivity contribution is 0.479. The second kappa shape index (κ2) is 6.39. The molecule has 30 heavy (non-hydrogen) atoms. The predicted octanol–water partition coefficient (Wildman–Crippen LogP) is 3.14. The molecule has 0 radical (unpaired) electrons. The molecular weight excluding hydrogens is 373 g/mol. The van der Waals surface area contributed by atoms with Gasteiger partial charge in [0, 0.05) is 28.7 Å². The van der Waals surface area contributed by atoms with Crippen molar-refractivity contribution >= 4 is 47.3 Å². The van der Waals surface area contributed by atoms with Crippen molar-refractivity contribution in [1.29, 1.82) is 0 Å². The molecule has 2 aliphatic rings. The molecule has 2 aliphatic heterocycles. The molecule has 146 valence electrons.